The van der Waals surface area contributed by atoms with Crippen molar-refractivity contribution in [3.8, 4) is 22.9 Å². The number of nitrogens with two attached hydrogens (primary N) is 1. The Hall–Kier alpha value is -9.74. The van der Waals surface area contributed by atoms with Gasteiger partial charge in [-0.15, -0.1) is 11.1 Å². The number of hydrazine groups is 4. The minimum Gasteiger partial charge on any atom is -0.492 e. The fourth-order valence-electron chi connectivity index (χ4n) is 11.4. The highest BCUT2D eigenvalue weighted by Crippen LogP contribution is 2.42. The molecule has 1 saturated heterocycles. The van der Waals surface area contributed by atoms with E-state index in [-0.39, 0.29) is 45.5 Å². The smallest absolute Gasteiger partial charge is 0.255 e. The van der Waals surface area contributed by atoms with Crippen LogP contribution in [0, 0.1) is 13.8 Å². The van der Waals surface area contributed by atoms with Crippen LogP contribution in [-0.4, -0.2) is 119 Å². The van der Waals surface area contributed by atoms with Gasteiger partial charge in [0, 0.05) is 67.1 Å². The van der Waals surface area contributed by atoms with Gasteiger partial charge in [0.2, 0.25) is 20.0 Å². The van der Waals surface area contributed by atoms with Gasteiger partial charge in [-0.3, -0.25) is 34.0 Å². The summed E-state index contributed by atoms with van der Waals surface area (Å²) in [5.74, 6) is -0.340. The second-order valence-electron chi connectivity index (χ2n) is 25.9. The van der Waals surface area contributed by atoms with E-state index in [1.54, 1.807) is 42.5 Å². The third-order valence-electron chi connectivity index (χ3n) is 16.5. The molecule has 0 atom stereocenters. The van der Waals surface area contributed by atoms with Gasteiger partial charge in [-0.1, -0.05) is 90.1 Å². The number of nitrogens with zero attached hydrogens (tertiary/aromatic N) is 7. The summed E-state index contributed by atoms with van der Waals surface area (Å²) >= 11 is 0. The minimum absolute atomic E-state index is 0.210. The van der Waals surface area contributed by atoms with Gasteiger partial charge in [0.1, 0.15) is 0 Å². The predicted molar refractivity (Wildman–Crippen MR) is 383 cm³/mol. The van der Waals surface area contributed by atoms with Gasteiger partial charge >= 0.3 is 0 Å². The number of para-hydroxylation sites is 2. The number of amides is 2. The second kappa shape index (κ2) is 29.3. The molecule has 25 nitrogen and oxygen atoms in total. The molecule has 1 fully saturated rings. The zero-order chi connectivity index (χ0) is 69.6. The Bertz CT molecular complexity index is 4500. The number of ether oxygens (including phenoxy) is 3. The van der Waals surface area contributed by atoms with Crippen molar-refractivity contribution in [2.24, 2.45) is 5.73 Å². The molecule has 0 bridgehead atoms. The Morgan fingerprint density at radius 3 is 1.36 bits per heavy atom. The highest BCUT2D eigenvalue weighted by molar-refractivity contribution is 7.92. The summed E-state index contributed by atoms with van der Waals surface area (Å²) in [5, 5.41) is 19.0. The van der Waals surface area contributed by atoms with Gasteiger partial charge < -0.3 is 41.4 Å². The van der Waals surface area contributed by atoms with E-state index in [4.69, 9.17) is 25.0 Å². The molecule has 3 aliphatic heterocycles. The first-order valence-electron chi connectivity index (χ1n) is 31.6. The number of nitrogens with one attached hydrogen (secondary N) is 8. The van der Waals surface area contributed by atoms with E-state index in [9.17, 15) is 26.4 Å². The molecule has 10 N–H and O–H groups in total. The molecule has 0 aliphatic carbocycles. The van der Waals surface area contributed by atoms with Gasteiger partial charge in [0.05, 0.1) is 121 Å². The maximum atomic E-state index is 13.8. The monoisotopic (exact) mass is 1360 g/mol. The number of hydrogen-bond acceptors (Lipinski definition) is 19. The van der Waals surface area contributed by atoms with Gasteiger partial charge in [0.15, 0.2) is 11.5 Å². The van der Waals surface area contributed by atoms with Gasteiger partial charge in [0.25, 0.3) is 11.8 Å². The number of aromatic nitrogens is 4. The van der Waals surface area contributed by atoms with Crippen molar-refractivity contribution >= 4 is 77.4 Å². The maximum Gasteiger partial charge on any atom is 0.255 e. The Morgan fingerprint density at radius 2 is 0.979 bits per heavy atom. The third-order valence-corrected chi connectivity index (χ3v) is 17.7. The van der Waals surface area contributed by atoms with Gasteiger partial charge in [-0.2, -0.15) is 10.2 Å². The Labute approximate surface area is 567 Å². The molecule has 5 heterocycles. The topological polar surface area (TPSA) is 298 Å². The number of methoxy groups -OCH3 is 2. The number of hydrogen-bond donors (Lipinski definition) is 9. The molecule has 512 valence electrons. The lowest BCUT2D eigenvalue weighted by atomic mass is 9.86. The molecule has 0 spiro atoms. The molecule has 8 aromatic rings. The number of carbonyl (C=O) groups is 2. The number of benzene rings is 6. The van der Waals surface area contributed by atoms with Crippen LogP contribution in [0.3, 0.4) is 0 Å². The molecule has 3 aliphatic rings. The molecular weight excluding hydrogens is 1270 g/mol. The Morgan fingerprint density at radius 1 is 0.577 bits per heavy atom. The largest absolute Gasteiger partial charge is 0.492 e. The van der Waals surface area contributed by atoms with Crippen molar-refractivity contribution < 1.29 is 40.6 Å². The highest BCUT2D eigenvalue weighted by atomic mass is 32.2. The molecular formula is C70H86N16O9S2. The number of carbonyl (C=O) groups excluding carboxylic acids is 2. The van der Waals surface area contributed by atoms with Crippen LogP contribution in [0.2, 0.25) is 0 Å². The van der Waals surface area contributed by atoms with Crippen LogP contribution >= 0.6 is 0 Å². The molecule has 0 radical (unpaired) electrons. The maximum absolute atomic E-state index is 13.8. The van der Waals surface area contributed by atoms with Crippen molar-refractivity contribution in [2.75, 3.05) is 96.2 Å². The van der Waals surface area contributed by atoms with E-state index in [1.807, 2.05) is 178 Å². The standard InChI is InChI=1S/C37H46N8O5S.C33H40N8O4S/c1-25-12-13-26(36(46)39-30-21-27(37(2,3)4)22-31(35(30)49-5)41-51(6,47)48)20-34(25)44-24-32(40-42-44)29-23-38-45(28-10-8-7-9-11-28)33(29)14-15-43-16-18-50-19-17-43;1-21-12-13-22(32(42)36-26-17-23(33(2,3)4)18-27(31(26)45-5)38-46(6,43)44)16-30(21)40-20-28(37-39-40)25-19-35-41(29(25)14-15-34)24-10-8-7-9-11-24/h7-13,20-24,40-42H,14-19H2,1-6H3,(H,39,46);7-13,16-20,37-39H,14-15,34H2,1-6H3,(H,36,42). The number of anilines is 6. The van der Waals surface area contributed by atoms with E-state index in [0.717, 1.165) is 131 Å². The van der Waals surface area contributed by atoms with Gasteiger partial charge in [-0.25, -0.2) is 26.2 Å². The van der Waals surface area contributed by atoms with Crippen LogP contribution in [-0.2, 0) is 48.5 Å². The molecule has 0 unspecified atom stereocenters. The van der Waals surface area contributed by atoms with E-state index in [0.29, 0.717) is 35.5 Å². The Balaban J connectivity index is 0.000000212. The molecule has 2 aromatic heterocycles. The molecule has 97 heavy (non-hydrogen) atoms. The SMILES string of the molecule is COc1c(NC(=O)c2ccc(C)c(N3C=C(c4cnn(-c5ccccc5)c4CCN)NN3)c2)cc(C(C)(C)C)cc1NS(C)(=O)=O.COc1c(NC(=O)c2ccc(C)c(N3C=C(c4cnn(-c5ccccc5)c4CCN4CCOCC4)NN3)c2)cc(C(C)(C)C)cc1NS(C)(=O)=O. The average molecular weight is 1360 g/mol. The quantitative estimate of drug-likeness (QED) is 0.0324. The summed E-state index contributed by atoms with van der Waals surface area (Å²) in [5.41, 5.74) is 32.8. The van der Waals surface area contributed by atoms with Crippen LogP contribution in [0.1, 0.15) is 107 Å². The van der Waals surface area contributed by atoms with E-state index >= 15 is 0 Å². The van der Waals surface area contributed by atoms with Gasteiger partial charge in [-0.05, 0) is 126 Å². The summed E-state index contributed by atoms with van der Waals surface area (Å²) in [6.07, 6.45) is 11.1. The summed E-state index contributed by atoms with van der Waals surface area (Å²) in [4.78, 5) is 29.9. The van der Waals surface area contributed by atoms with Crippen LogP contribution in [0.4, 0.5) is 34.1 Å². The molecule has 2 amide bonds. The van der Waals surface area contributed by atoms with Crippen molar-refractivity contribution in [3.05, 3.63) is 202 Å². The normalized spacial score (nSPS) is 14.4. The third kappa shape index (κ3) is 16.9. The fourth-order valence-corrected chi connectivity index (χ4v) is 12.5. The van der Waals surface area contributed by atoms with E-state index in [1.165, 1.54) is 14.2 Å². The molecule has 11 rings (SSSR count). The summed E-state index contributed by atoms with van der Waals surface area (Å²) in [7, 11) is -4.36. The molecule has 6 aromatic carbocycles. The van der Waals surface area contributed by atoms with Crippen molar-refractivity contribution in [2.45, 2.75) is 79.1 Å². The van der Waals surface area contributed by atoms with Crippen LogP contribution in [0.5, 0.6) is 11.5 Å². The Kier molecular flexibility index (Phi) is 21.2. The lowest BCUT2D eigenvalue weighted by molar-refractivity contribution is 0.0383. The number of rotatable bonds is 21. The first-order valence-corrected chi connectivity index (χ1v) is 35.4. The number of sulfonamides is 2. The average Bonchev–Trinajstić information content (AvgIpc) is 1.75. The minimum atomic E-state index is -3.62. The van der Waals surface area contributed by atoms with Crippen LogP contribution in [0.25, 0.3) is 22.8 Å². The first kappa shape index (κ1) is 70.1. The van der Waals surface area contributed by atoms with Crippen molar-refractivity contribution in [1.29, 1.82) is 0 Å². The molecule has 0 saturated carbocycles. The lowest BCUT2D eigenvalue weighted by Gasteiger charge is -2.26. The van der Waals surface area contributed by atoms with Crippen LogP contribution in [0.15, 0.2) is 146 Å². The van der Waals surface area contributed by atoms with E-state index < -0.39 is 20.0 Å². The zero-order valence-electron chi connectivity index (χ0n) is 56.7. The molecule has 27 heteroatoms. The fraction of sp³-hybridized carbons (Fsp3) is 0.314. The predicted octanol–water partition coefficient (Wildman–Crippen LogP) is 9.25. The summed E-state index contributed by atoms with van der Waals surface area (Å²) in [6, 6.07) is 37.9. The summed E-state index contributed by atoms with van der Waals surface area (Å²) in [6.45, 7) is 20.6. The highest BCUT2D eigenvalue weighted by Gasteiger charge is 2.29. The number of morpholine rings is 1. The van der Waals surface area contributed by atoms with E-state index in [2.05, 4.69) is 52.0 Å². The first-order chi connectivity index (χ1) is 46.1. The second-order valence-corrected chi connectivity index (χ2v) is 29.4. The lowest BCUT2D eigenvalue weighted by Crippen LogP contribution is -2.38. The zero-order valence-corrected chi connectivity index (χ0v) is 58.3. The number of aryl methyl sites for hydroxylation is 2. The summed E-state index contributed by atoms with van der Waals surface area (Å²) < 4.78 is 74.3. The van der Waals surface area contributed by atoms with Crippen LogP contribution < -0.4 is 67.2 Å². The van der Waals surface area contributed by atoms with Crippen molar-refractivity contribution in [1.82, 2.24) is 46.4 Å². The van der Waals surface area contributed by atoms with Crippen molar-refractivity contribution in [3.63, 3.8) is 0 Å².